The highest BCUT2D eigenvalue weighted by atomic mass is 16.4. The van der Waals surface area contributed by atoms with Crippen molar-refractivity contribution in [3.05, 3.63) is 0 Å². The molecule has 14 nitrogen and oxygen atoms in total. The lowest BCUT2D eigenvalue weighted by Crippen LogP contribution is -2.59. The van der Waals surface area contributed by atoms with Gasteiger partial charge in [-0.15, -0.1) is 0 Å². The first-order valence-electron chi connectivity index (χ1n) is 10.2. The molecule has 1 heterocycles. The van der Waals surface area contributed by atoms with Crippen molar-refractivity contribution in [2.75, 3.05) is 19.7 Å². The highest BCUT2D eigenvalue weighted by Gasteiger charge is 2.38. The molecule has 11 N–H and O–H groups in total. The molecule has 3 amide bonds. The first-order chi connectivity index (χ1) is 15.0. The minimum atomic E-state index is -1.45. The molecule has 1 saturated heterocycles. The molecule has 0 radical (unpaired) electrons. The fourth-order valence-electron chi connectivity index (χ4n) is 3.27. The van der Waals surface area contributed by atoms with Crippen LogP contribution in [0.25, 0.3) is 0 Å². The summed E-state index contributed by atoms with van der Waals surface area (Å²) < 4.78 is 0. The zero-order valence-corrected chi connectivity index (χ0v) is 17.9. The summed E-state index contributed by atoms with van der Waals surface area (Å²) in [4.78, 5) is 54.0. The fourth-order valence-corrected chi connectivity index (χ4v) is 3.27. The highest BCUT2D eigenvalue weighted by Crippen LogP contribution is 2.18. The van der Waals surface area contributed by atoms with Gasteiger partial charge in [0.2, 0.25) is 17.7 Å². The molecule has 0 bridgehead atoms. The van der Waals surface area contributed by atoms with Gasteiger partial charge in [-0.2, -0.15) is 0 Å². The van der Waals surface area contributed by atoms with Gasteiger partial charge < -0.3 is 48.1 Å². The summed E-state index contributed by atoms with van der Waals surface area (Å²) in [6.45, 7) is 1.10. The van der Waals surface area contributed by atoms with E-state index in [9.17, 15) is 29.4 Å². The molecule has 32 heavy (non-hydrogen) atoms. The van der Waals surface area contributed by atoms with Gasteiger partial charge in [-0.25, -0.2) is 4.79 Å². The van der Waals surface area contributed by atoms with Gasteiger partial charge in [0.25, 0.3) is 0 Å². The Balaban J connectivity index is 2.81. The number of hydrogen-bond donors (Lipinski definition) is 8. The molecule has 0 aromatic rings. The van der Waals surface area contributed by atoms with Gasteiger partial charge in [0.15, 0.2) is 5.96 Å². The van der Waals surface area contributed by atoms with Crippen LogP contribution in [0.5, 0.6) is 0 Å². The molecule has 0 saturated carbocycles. The van der Waals surface area contributed by atoms with Crippen molar-refractivity contribution in [3.63, 3.8) is 0 Å². The van der Waals surface area contributed by atoms with Crippen LogP contribution in [0.4, 0.5) is 0 Å². The third-order valence-electron chi connectivity index (χ3n) is 4.97. The minimum absolute atomic E-state index is 0.0162. The topological polar surface area (TPSA) is 247 Å². The molecule has 1 fully saturated rings. The summed E-state index contributed by atoms with van der Waals surface area (Å²) in [7, 11) is 0. The van der Waals surface area contributed by atoms with E-state index in [4.69, 9.17) is 22.3 Å². The van der Waals surface area contributed by atoms with Crippen LogP contribution >= 0.6 is 0 Å². The van der Waals surface area contributed by atoms with Crippen molar-refractivity contribution in [3.8, 4) is 0 Å². The van der Waals surface area contributed by atoms with Crippen LogP contribution in [-0.4, -0.2) is 99.8 Å². The third-order valence-corrected chi connectivity index (χ3v) is 4.97. The summed E-state index contributed by atoms with van der Waals surface area (Å²) in [6.07, 6.45) is -0.232. The quantitative estimate of drug-likeness (QED) is 0.0793. The zero-order chi connectivity index (χ0) is 24.4. The number of aliphatic imine (C=N–C) groups is 1. The molecule has 5 unspecified atom stereocenters. The Morgan fingerprint density at radius 1 is 1.22 bits per heavy atom. The number of guanidine groups is 1. The van der Waals surface area contributed by atoms with Crippen molar-refractivity contribution < 1.29 is 34.5 Å². The molecular formula is C18H33N7O7. The standard InChI is InChI=1S/C18H33N7O7/c1-9(27)13(15(29)23-11(17(31)32)4-2-6-22-18(20)21)24-14(28)12-5-3-7-25(12)16(30)10(19)8-26/h9-13,26-27H,2-8,19H2,1H3,(H,23,29)(H,24,28)(H,31,32)(H4,20,21,22). The Morgan fingerprint density at radius 3 is 2.41 bits per heavy atom. The Bertz CT molecular complexity index is 712. The van der Waals surface area contributed by atoms with Crippen molar-refractivity contribution in [2.45, 2.75) is 62.9 Å². The molecule has 0 aliphatic carbocycles. The van der Waals surface area contributed by atoms with Crippen LogP contribution in [0.2, 0.25) is 0 Å². The van der Waals surface area contributed by atoms with Crippen LogP contribution in [0.3, 0.4) is 0 Å². The summed E-state index contributed by atoms with van der Waals surface area (Å²) in [5.74, 6) is -3.64. The number of hydrogen-bond acceptors (Lipinski definition) is 8. The smallest absolute Gasteiger partial charge is 0.326 e. The van der Waals surface area contributed by atoms with Crippen molar-refractivity contribution in [2.24, 2.45) is 22.2 Å². The maximum Gasteiger partial charge on any atom is 0.326 e. The van der Waals surface area contributed by atoms with E-state index in [0.717, 1.165) is 0 Å². The largest absolute Gasteiger partial charge is 0.480 e. The zero-order valence-electron chi connectivity index (χ0n) is 17.9. The fraction of sp³-hybridized carbons (Fsp3) is 0.722. The lowest BCUT2D eigenvalue weighted by molar-refractivity contribution is -0.144. The summed E-state index contributed by atoms with van der Waals surface area (Å²) >= 11 is 0. The van der Waals surface area contributed by atoms with E-state index in [1.54, 1.807) is 0 Å². The van der Waals surface area contributed by atoms with E-state index in [0.29, 0.717) is 12.8 Å². The SMILES string of the molecule is CC(O)C(NC(=O)C1CCCN1C(=O)C(N)CO)C(=O)NC(CCCN=C(N)N)C(=O)O. The molecule has 0 spiro atoms. The lowest BCUT2D eigenvalue weighted by Gasteiger charge is -2.29. The van der Waals surface area contributed by atoms with Crippen molar-refractivity contribution in [1.29, 1.82) is 0 Å². The summed E-state index contributed by atoms with van der Waals surface area (Å²) in [6, 6.07) is -4.84. The van der Waals surface area contributed by atoms with E-state index in [1.807, 2.05) is 0 Å². The number of rotatable bonds is 12. The number of carboxylic acid groups (broad SMARTS) is 1. The summed E-state index contributed by atoms with van der Waals surface area (Å²) in [5, 5.41) is 33.1. The highest BCUT2D eigenvalue weighted by molar-refractivity contribution is 5.94. The summed E-state index contributed by atoms with van der Waals surface area (Å²) in [5.41, 5.74) is 16.0. The number of aliphatic carboxylic acids is 1. The molecule has 182 valence electrons. The van der Waals surface area contributed by atoms with Crippen LogP contribution in [0.15, 0.2) is 4.99 Å². The van der Waals surface area contributed by atoms with Crippen LogP contribution in [-0.2, 0) is 19.2 Å². The predicted octanol–water partition coefficient (Wildman–Crippen LogP) is -4.21. The molecular weight excluding hydrogens is 426 g/mol. The minimum Gasteiger partial charge on any atom is -0.480 e. The van der Waals surface area contributed by atoms with E-state index in [1.165, 1.54) is 11.8 Å². The van der Waals surface area contributed by atoms with E-state index in [2.05, 4.69) is 15.6 Å². The monoisotopic (exact) mass is 459 g/mol. The molecule has 14 heteroatoms. The second kappa shape index (κ2) is 12.8. The second-order valence-electron chi connectivity index (χ2n) is 7.55. The first kappa shape index (κ1) is 27.1. The molecule has 0 aromatic heterocycles. The molecule has 1 aliphatic rings. The van der Waals surface area contributed by atoms with Gasteiger partial charge in [-0.1, -0.05) is 0 Å². The number of amides is 3. The van der Waals surface area contributed by atoms with Gasteiger partial charge in [0.1, 0.15) is 24.2 Å². The van der Waals surface area contributed by atoms with Gasteiger partial charge in [-0.05, 0) is 32.6 Å². The van der Waals surface area contributed by atoms with Gasteiger partial charge in [-0.3, -0.25) is 19.4 Å². The maximum absolute atomic E-state index is 12.7. The average Bonchev–Trinajstić information content (AvgIpc) is 3.21. The second-order valence-corrected chi connectivity index (χ2v) is 7.55. The Kier molecular flexibility index (Phi) is 10.8. The van der Waals surface area contributed by atoms with E-state index in [-0.39, 0.29) is 31.9 Å². The van der Waals surface area contributed by atoms with Crippen molar-refractivity contribution in [1.82, 2.24) is 15.5 Å². The van der Waals surface area contributed by atoms with Gasteiger partial charge >= 0.3 is 5.97 Å². The number of aliphatic hydroxyl groups is 2. The number of nitrogens with two attached hydrogens (primary N) is 3. The van der Waals surface area contributed by atoms with Gasteiger partial charge in [0.05, 0.1) is 12.7 Å². The Morgan fingerprint density at radius 2 is 1.88 bits per heavy atom. The number of carboxylic acids is 1. The molecule has 1 rings (SSSR count). The van der Waals surface area contributed by atoms with Crippen molar-refractivity contribution >= 4 is 29.7 Å². The van der Waals surface area contributed by atoms with Crippen LogP contribution in [0, 0.1) is 0 Å². The van der Waals surface area contributed by atoms with Gasteiger partial charge in [0, 0.05) is 13.1 Å². The Hall–Kier alpha value is -2.97. The van der Waals surface area contributed by atoms with E-state index < -0.39 is 60.6 Å². The number of nitrogens with one attached hydrogen (secondary N) is 2. The normalized spacial score (nSPS) is 19.4. The number of carbonyl (C=O) groups is 4. The average molecular weight is 460 g/mol. The molecule has 0 aromatic carbocycles. The number of likely N-dealkylation sites (tertiary alicyclic amines) is 1. The van der Waals surface area contributed by atoms with Crippen LogP contribution in [0.1, 0.15) is 32.6 Å². The maximum atomic E-state index is 12.7. The predicted molar refractivity (Wildman–Crippen MR) is 113 cm³/mol. The van der Waals surface area contributed by atoms with Crippen LogP contribution < -0.4 is 27.8 Å². The number of aliphatic hydroxyl groups excluding tert-OH is 2. The number of nitrogens with zero attached hydrogens (tertiary/aromatic N) is 2. The first-order valence-corrected chi connectivity index (χ1v) is 10.2. The lowest BCUT2D eigenvalue weighted by atomic mass is 10.1. The number of carbonyl (C=O) groups excluding carboxylic acids is 3. The third kappa shape index (κ3) is 7.94. The molecule has 5 atom stereocenters. The molecule has 1 aliphatic heterocycles. The Labute approximate surface area is 185 Å². The van der Waals surface area contributed by atoms with E-state index >= 15 is 0 Å².